The third-order valence-corrected chi connectivity index (χ3v) is 7.89. The summed E-state index contributed by atoms with van der Waals surface area (Å²) < 4.78 is 6.03. The van der Waals surface area contributed by atoms with Crippen molar-refractivity contribution in [2.75, 3.05) is 6.61 Å². The molecule has 0 saturated carbocycles. The Balaban J connectivity index is 1.20. The van der Waals surface area contributed by atoms with Crippen molar-refractivity contribution in [3.8, 4) is 16.9 Å². The van der Waals surface area contributed by atoms with E-state index in [1.807, 2.05) is 0 Å². The van der Waals surface area contributed by atoms with E-state index >= 15 is 0 Å². The quantitative estimate of drug-likeness (QED) is 0.160. The van der Waals surface area contributed by atoms with Crippen molar-refractivity contribution in [2.24, 2.45) is 5.92 Å². The smallest absolute Gasteiger partial charge is 0.119 e. The Hall–Kier alpha value is -2.80. The van der Waals surface area contributed by atoms with Crippen molar-refractivity contribution in [2.45, 2.75) is 90.4 Å². The summed E-state index contributed by atoms with van der Waals surface area (Å²) in [6.07, 6.45) is 18.7. The van der Waals surface area contributed by atoms with Crippen LogP contribution < -0.4 is 4.74 Å². The molecule has 1 nitrogen and oxygen atoms in total. The second kappa shape index (κ2) is 14.8. The van der Waals surface area contributed by atoms with E-state index in [1.54, 1.807) is 0 Å². The predicted molar refractivity (Wildman–Crippen MR) is 159 cm³/mol. The second-order valence-corrected chi connectivity index (χ2v) is 10.8. The Kier molecular flexibility index (Phi) is 10.9. The fourth-order valence-corrected chi connectivity index (χ4v) is 5.45. The van der Waals surface area contributed by atoms with Crippen LogP contribution in [-0.2, 0) is 12.8 Å². The summed E-state index contributed by atoms with van der Waals surface area (Å²) in [5.41, 5.74) is 6.83. The monoisotopic (exact) mass is 494 g/mol. The number of rotatable bonds is 14. The van der Waals surface area contributed by atoms with Crippen molar-refractivity contribution in [3.05, 3.63) is 102 Å². The van der Waals surface area contributed by atoms with Gasteiger partial charge in [0.2, 0.25) is 0 Å². The number of benzene rings is 3. The first-order valence-corrected chi connectivity index (χ1v) is 14.8. The van der Waals surface area contributed by atoms with E-state index in [0.29, 0.717) is 5.92 Å². The topological polar surface area (TPSA) is 9.23 Å². The van der Waals surface area contributed by atoms with E-state index < -0.39 is 0 Å². The van der Waals surface area contributed by atoms with Gasteiger partial charge in [0.25, 0.3) is 0 Å². The molecular weight excluding hydrogens is 448 g/mol. The van der Waals surface area contributed by atoms with Gasteiger partial charge in [-0.05, 0) is 90.8 Å². The lowest BCUT2D eigenvalue weighted by Crippen LogP contribution is -2.07. The lowest BCUT2D eigenvalue weighted by atomic mass is 9.82. The van der Waals surface area contributed by atoms with Gasteiger partial charge in [0, 0.05) is 5.92 Å². The van der Waals surface area contributed by atoms with Gasteiger partial charge in [-0.1, -0.05) is 112 Å². The minimum Gasteiger partial charge on any atom is -0.494 e. The van der Waals surface area contributed by atoms with Crippen LogP contribution in [0.1, 0.15) is 94.2 Å². The van der Waals surface area contributed by atoms with E-state index in [1.165, 1.54) is 85.6 Å². The molecule has 0 radical (unpaired) electrons. The van der Waals surface area contributed by atoms with Crippen LogP contribution >= 0.6 is 0 Å². The molecular formula is C36H46O. The molecule has 196 valence electrons. The van der Waals surface area contributed by atoms with Crippen molar-refractivity contribution in [1.29, 1.82) is 0 Å². The first-order valence-electron chi connectivity index (χ1n) is 14.8. The van der Waals surface area contributed by atoms with Gasteiger partial charge in [0.15, 0.2) is 0 Å². The van der Waals surface area contributed by atoms with Crippen LogP contribution in [0.5, 0.6) is 5.75 Å². The largest absolute Gasteiger partial charge is 0.494 e. The van der Waals surface area contributed by atoms with Crippen molar-refractivity contribution < 1.29 is 4.74 Å². The standard InChI is InChI=1S/C36H46O/c1-3-5-7-10-30-12-14-31(15-13-30)11-8-28-37-36-26-24-35(25-27-36)34-22-20-33(21-23-34)32-18-16-29(17-19-32)9-6-4-2/h12-16,18,20-27,29,32H,3-11,17,19,28H2,1-2H3. The number of unbranched alkanes of at least 4 members (excludes halogenated alkanes) is 3. The van der Waals surface area contributed by atoms with E-state index in [4.69, 9.17) is 4.74 Å². The molecule has 4 rings (SSSR count). The molecule has 0 amide bonds. The van der Waals surface area contributed by atoms with E-state index in [-0.39, 0.29) is 0 Å². The number of hydrogen-bond donors (Lipinski definition) is 0. The molecule has 0 saturated heterocycles. The van der Waals surface area contributed by atoms with Gasteiger partial charge in [-0.15, -0.1) is 0 Å². The fourth-order valence-electron chi connectivity index (χ4n) is 5.45. The maximum Gasteiger partial charge on any atom is 0.119 e. The van der Waals surface area contributed by atoms with Gasteiger partial charge < -0.3 is 4.74 Å². The lowest BCUT2D eigenvalue weighted by Gasteiger charge is -2.23. The molecule has 1 heteroatoms. The minimum atomic E-state index is 0.575. The van der Waals surface area contributed by atoms with Gasteiger partial charge in [-0.25, -0.2) is 0 Å². The summed E-state index contributed by atoms with van der Waals surface area (Å²) in [6, 6.07) is 26.9. The third kappa shape index (κ3) is 8.63. The zero-order valence-electron chi connectivity index (χ0n) is 23.1. The molecule has 0 heterocycles. The molecule has 3 aromatic carbocycles. The molecule has 0 aliphatic heterocycles. The molecule has 2 atom stereocenters. The average molecular weight is 495 g/mol. The summed E-state index contributed by atoms with van der Waals surface area (Å²) in [7, 11) is 0. The highest BCUT2D eigenvalue weighted by Crippen LogP contribution is 2.33. The van der Waals surface area contributed by atoms with Crippen LogP contribution in [-0.4, -0.2) is 6.61 Å². The molecule has 1 aliphatic carbocycles. The zero-order valence-corrected chi connectivity index (χ0v) is 23.1. The summed E-state index contributed by atoms with van der Waals surface area (Å²) in [5, 5.41) is 0. The minimum absolute atomic E-state index is 0.575. The molecule has 0 spiro atoms. The molecule has 0 fully saturated rings. The normalized spacial score (nSPS) is 17.1. The summed E-state index contributed by atoms with van der Waals surface area (Å²) >= 11 is 0. The Morgan fingerprint density at radius 2 is 1.24 bits per heavy atom. The molecule has 0 aromatic heterocycles. The van der Waals surface area contributed by atoms with E-state index in [2.05, 4.69) is 98.8 Å². The van der Waals surface area contributed by atoms with Crippen LogP contribution in [0.15, 0.2) is 84.9 Å². The first-order chi connectivity index (χ1) is 18.2. The molecule has 37 heavy (non-hydrogen) atoms. The van der Waals surface area contributed by atoms with Crippen LogP contribution in [0.3, 0.4) is 0 Å². The van der Waals surface area contributed by atoms with Gasteiger partial charge in [0.1, 0.15) is 5.75 Å². The Labute approximate surface area is 226 Å². The number of allylic oxidation sites excluding steroid dienone is 2. The van der Waals surface area contributed by atoms with Gasteiger partial charge in [-0.3, -0.25) is 0 Å². The Morgan fingerprint density at radius 1 is 0.622 bits per heavy atom. The predicted octanol–water partition coefficient (Wildman–Crippen LogP) is 10.3. The van der Waals surface area contributed by atoms with Crippen molar-refractivity contribution >= 4 is 0 Å². The maximum absolute atomic E-state index is 6.03. The molecule has 0 bridgehead atoms. The molecule has 2 unspecified atom stereocenters. The highest BCUT2D eigenvalue weighted by molar-refractivity contribution is 5.64. The van der Waals surface area contributed by atoms with Gasteiger partial charge >= 0.3 is 0 Å². The van der Waals surface area contributed by atoms with E-state index in [0.717, 1.165) is 31.1 Å². The Bertz CT molecular complexity index is 1060. The summed E-state index contributed by atoms with van der Waals surface area (Å²) in [4.78, 5) is 0. The maximum atomic E-state index is 6.03. The second-order valence-electron chi connectivity index (χ2n) is 10.8. The highest BCUT2D eigenvalue weighted by Gasteiger charge is 2.17. The lowest BCUT2D eigenvalue weighted by molar-refractivity contribution is 0.311. The molecule has 3 aromatic rings. The SMILES string of the molecule is CCCCCc1ccc(CCCOc2ccc(-c3ccc(C4C=CC(CCCC)CC4)cc3)cc2)cc1. The number of hydrogen-bond acceptors (Lipinski definition) is 1. The fraction of sp³-hybridized carbons (Fsp3) is 0.444. The third-order valence-electron chi connectivity index (χ3n) is 7.89. The zero-order chi connectivity index (χ0) is 25.7. The Morgan fingerprint density at radius 3 is 1.84 bits per heavy atom. The highest BCUT2D eigenvalue weighted by atomic mass is 16.5. The number of aryl methyl sites for hydroxylation is 2. The summed E-state index contributed by atoms with van der Waals surface area (Å²) in [5.74, 6) is 2.32. The number of ether oxygens (including phenoxy) is 1. The van der Waals surface area contributed by atoms with Gasteiger partial charge in [0.05, 0.1) is 6.61 Å². The van der Waals surface area contributed by atoms with Crippen molar-refractivity contribution in [3.63, 3.8) is 0 Å². The van der Waals surface area contributed by atoms with E-state index in [9.17, 15) is 0 Å². The molecule has 0 N–H and O–H groups in total. The van der Waals surface area contributed by atoms with Crippen LogP contribution in [0, 0.1) is 5.92 Å². The van der Waals surface area contributed by atoms with Gasteiger partial charge in [-0.2, -0.15) is 0 Å². The van der Waals surface area contributed by atoms with Crippen LogP contribution in [0.4, 0.5) is 0 Å². The van der Waals surface area contributed by atoms with Crippen LogP contribution in [0.25, 0.3) is 11.1 Å². The average Bonchev–Trinajstić information content (AvgIpc) is 2.96. The summed E-state index contributed by atoms with van der Waals surface area (Å²) in [6.45, 7) is 5.30. The molecule has 1 aliphatic rings. The van der Waals surface area contributed by atoms with Crippen LogP contribution in [0.2, 0.25) is 0 Å². The van der Waals surface area contributed by atoms with Crippen molar-refractivity contribution in [1.82, 2.24) is 0 Å². The first kappa shape index (κ1) is 27.2.